The summed E-state index contributed by atoms with van der Waals surface area (Å²) in [4.78, 5) is 0. The van der Waals surface area contributed by atoms with Gasteiger partial charge in [0.2, 0.25) is 0 Å². The zero-order valence-electron chi connectivity index (χ0n) is 6.68. The van der Waals surface area contributed by atoms with Gasteiger partial charge in [0, 0.05) is 13.6 Å². The van der Waals surface area contributed by atoms with E-state index in [1.165, 1.54) is 11.3 Å². The molecule has 1 aromatic rings. The molecule has 10 heavy (non-hydrogen) atoms. The molecule has 0 aliphatic carbocycles. The standard InChI is InChI=1S/C7H13N3/c1-6-4-9-10(3)7(6)5-8-2/h4,8H,5H2,1-3H3. The Balaban J connectivity index is 2.87. The molecule has 3 heteroatoms. The molecule has 1 aromatic heterocycles. The molecule has 0 aliphatic rings. The lowest BCUT2D eigenvalue weighted by Gasteiger charge is -2.00. The van der Waals surface area contributed by atoms with Crippen LogP contribution in [-0.2, 0) is 13.6 Å². The molecule has 0 aromatic carbocycles. The predicted molar refractivity (Wildman–Crippen MR) is 40.7 cm³/mol. The second-order valence-corrected chi connectivity index (χ2v) is 2.43. The fourth-order valence-electron chi connectivity index (χ4n) is 0.994. The van der Waals surface area contributed by atoms with E-state index < -0.39 is 0 Å². The lowest BCUT2D eigenvalue weighted by molar-refractivity contribution is 0.670. The predicted octanol–water partition coefficient (Wildman–Crippen LogP) is 0.448. The smallest absolute Gasteiger partial charge is 0.0547 e. The van der Waals surface area contributed by atoms with Gasteiger partial charge < -0.3 is 5.32 Å². The minimum atomic E-state index is 0.891. The fraction of sp³-hybridized carbons (Fsp3) is 0.571. The molecule has 0 unspecified atom stereocenters. The molecule has 1 heterocycles. The van der Waals surface area contributed by atoms with E-state index in [4.69, 9.17) is 0 Å². The molecule has 0 saturated heterocycles. The molecule has 1 N–H and O–H groups in total. The van der Waals surface area contributed by atoms with Crippen molar-refractivity contribution in [2.24, 2.45) is 7.05 Å². The van der Waals surface area contributed by atoms with Crippen molar-refractivity contribution in [3.8, 4) is 0 Å². The Morgan fingerprint density at radius 2 is 2.40 bits per heavy atom. The molecular weight excluding hydrogens is 126 g/mol. The van der Waals surface area contributed by atoms with E-state index in [1.807, 2.05) is 25.0 Å². The molecule has 3 nitrogen and oxygen atoms in total. The summed E-state index contributed by atoms with van der Waals surface area (Å²) in [6.07, 6.45) is 1.88. The zero-order chi connectivity index (χ0) is 7.56. The van der Waals surface area contributed by atoms with Crippen molar-refractivity contribution >= 4 is 0 Å². The number of aryl methyl sites for hydroxylation is 2. The van der Waals surface area contributed by atoms with Gasteiger partial charge in [-0.15, -0.1) is 0 Å². The molecular formula is C7H13N3. The van der Waals surface area contributed by atoms with Gasteiger partial charge in [0.05, 0.1) is 11.9 Å². The summed E-state index contributed by atoms with van der Waals surface area (Å²) in [5.41, 5.74) is 2.50. The SMILES string of the molecule is CNCc1c(C)cnn1C. The summed E-state index contributed by atoms with van der Waals surface area (Å²) in [5.74, 6) is 0. The van der Waals surface area contributed by atoms with Gasteiger partial charge in [-0.1, -0.05) is 0 Å². The molecule has 0 radical (unpaired) electrons. The first-order valence-corrected chi connectivity index (χ1v) is 3.37. The van der Waals surface area contributed by atoms with E-state index in [1.54, 1.807) is 0 Å². The first-order valence-electron chi connectivity index (χ1n) is 3.37. The van der Waals surface area contributed by atoms with Crippen molar-refractivity contribution in [1.29, 1.82) is 0 Å². The minimum absolute atomic E-state index is 0.891. The van der Waals surface area contributed by atoms with E-state index in [0.29, 0.717) is 0 Å². The lowest BCUT2D eigenvalue weighted by Crippen LogP contribution is -2.10. The summed E-state index contributed by atoms with van der Waals surface area (Å²) in [7, 11) is 3.89. The van der Waals surface area contributed by atoms with Crippen LogP contribution in [-0.4, -0.2) is 16.8 Å². The molecule has 0 fully saturated rings. The van der Waals surface area contributed by atoms with Crippen molar-refractivity contribution in [3.63, 3.8) is 0 Å². The molecule has 0 bridgehead atoms. The number of rotatable bonds is 2. The zero-order valence-corrected chi connectivity index (χ0v) is 6.68. The largest absolute Gasteiger partial charge is 0.314 e. The van der Waals surface area contributed by atoms with Crippen molar-refractivity contribution in [3.05, 3.63) is 17.5 Å². The first-order chi connectivity index (χ1) is 4.75. The summed E-state index contributed by atoms with van der Waals surface area (Å²) in [6, 6.07) is 0. The quantitative estimate of drug-likeness (QED) is 0.644. The monoisotopic (exact) mass is 139 g/mol. The second kappa shape index (κ2) is 2.84. The van der Waals surface area contributed by atoms with Crippen LogP contribution in [0, 0.1) is 6.92 Å². The van der Waals surface area contributed by atoms with Gasteiger partial charge >= 0.3 is 0 Å². The van der Waals surface area contributed by atoms with Crippen LogP contribution in [0.15, 0.2) is 6.20 Å². The number of nitrogens with one attached hydrogen (secondary N) is 1. The third-order valence-electron chi connectivity index (χ3n) is 1.61. The third kappa shape index (κ3) is 1.19. The Kier molecular flexibility index (Phi) is 2.06. The molecule has 0 amide bonds. The van der Waals surface area contributed by atoms with Crippen molar-refractivity contribution in [2.75, 3.05) is 7.05 Å². The van der Waals surface area contributed by atoms with Crippen LogP contribution < -0.4 is 5.32 Å². The average Bonchev–Trinajstić information content (AvgIpc) is 2.20. The third-order valence-corrected chi connectivity index (χ3v) is 1.61. The maximum Gasteiger partial charge on any atom is 0.0547 e. The van der Waals surface area contributed by atoms with E-state index >= 15 is 0 Å². The Labute approximate surface area is 61.0 Å². The number of aromatic nitrogens is 2. The Bertz CT molecular complexity index is 195. The first kappa shape index (κ1) is 7.28. The molecule has 56 valence electrons. The van der Waals surface area contributed by atoms with Crippen molar-refractivity contribution < 1.29 is 0 Å². The van der Waals surface area contributed by atoms with Crippen LogP contribution in [0.5, 0.6) is 0 Å². The van der Waals surface area contributed by atoms with E-state index in [0.717, 1.165) is 6.54 Å². The highest BCUT2D eigenvalue weighted by Crippen LogP contribution is 2.03. The number of hydrogen-bond donors (Lipinski definition) is 1. The van der Waals surface area contributed by atoms with E-state index in [-0.39, 0.29) is 0 Å². The molecule has 0 spiro atoms. The van der Waals surface area contributed by atoms with E-state index in [9.17, 15) is 0 Å². The molecule has 0 saturated carbocycles. The fourth-order valence-corrected chi connectivity index (χ4v) is 0.994. The second-order valence-electron chi connectivity index (χ2n) is 2.43. The van der Waals surface area contributed by atoms with Gasteiger partial charge in [-0.2, -0.15) is 5.10 Å². The molecule has 1 rings (SSSR count). The van der Waals surface area contributed by atoms with E-state index in [2.05, 4.69) is 17.3 Å². The highest BCUT2D eigenvalue weighted by atomic mass is 15.3. The van der Waals surface area contributed by atoms with Gasteiger partial charge in [-0.05, 0) is 19.5 Å². The summed E-state index contributed by atoms with van der Waals surface area (Å²) >= 11 is 0. The lowest BCUT2D eigenvalue weighted by atomic mass is 10.3. The Morgan fingerprint density at radius 3 is 2.80 bits per heavy atom. The highest BCUT2D eigenvalue weighted by Gasteiger charge is 2.00. The maximum absolute atomic E-state index is 4.11. The van der Waals surface area contributed by atoms with Gasteiger partial charge in [0.1, 0.15) is 0 Å². The van der Waals surface area contributed by atoms with Crippen LogP contribution in [0.4, 0.5) is 0 Å². The molecule has 0 aliphatic heterocycles. The van der Waals surface area contributed by atoms with Crippen molar-refractivity contribution in [2.45, 2.75) is 13.5 Å². The Hall–Kier alpha value is -0.830. The van der Waals surface area contributed by atoms with Gasteiger partial charge in [0.25, 0.3) is 0 Å². The van der Waals surface area contributed by atoms with Gasteiger partial charge in [0.15, 0.2) is 0 Å². The van der Waals surface area contributed by atoms with Gasteiger partial charge in [-0.25, -0.2) is 0 Å². The summed E-state index contributed by atoms with van der Waals surface area (Å²) < 4.78 is 1.89. The number of nitrogens with zero attached hydrogens (tertiary/aromatic N) is 2. The van der Waals surface area contributed by atoms with Crippen LogP contribution in [0.25, 0.3) is 0 Å². The average molecular weight is 139 g/mol. The highest BCUT2D eigenvalue weighted by molar-refractivity contribution is 5.14. The van der Waals surface area contributed by atoms with Crippen molar-refractivity contribution in [1.82, 2.24) is 15.1 Å². The van der Waals surface area contributed by atoms with Crippen LogP contribution >= 0.6 is 0 Å². The summed E-state index contributed by atoms with van der Waals surface area (Å²) in [5, 5.41) is 7.20. The van der Waals surface area contributed by atoms with Crippen LogP contribution in [0.3, 0.4) is 0 Å². The number of hydrogen-bond acceptors (Lipinski definition) is 2. The molecule has 0 atom stereocenters. The topological polar surface area (TPSA) is 29.9 Å². The Morgan fingerprint density at radius 1 is 1.70 bits per heavy atom. The maximum atomic E-state index is 4.11. The summed E-state index contributed by atoms with van der Waals surface area (Å²) in [6.45, 7) is 2.96. The van der Waals surface area contributed by atoms with Gasteiger partial charge in [-0.3, -0.25) is 4.68 Å². The van der Waals surface area contributed by atoms with Crippen LogP contribution in [0.1, 0.15) is 11.3 Å². The normalized spacial score (nSPS) is 10.3. The van der Waals surface area contributed by atoms with Crippen LogP contribution in [0.2, 0.25) is 0 Å². The minimum Gasteiger partial charge on any atom is -0.314 e.